The molecule has 9 heteroatoms. The van der Waals surface area contributed by atoms with Crippen molar-refractivity contribution >= 4 is 23.3 Å². The number of amides is 1. The summed E-state index contributed by atoms with van der Waals surface area (Å²) >= 11 is 6.09. The molecule has 2 aromatic rings. The number of carbonyl (C=O) groups excluding carboxylic acids is 1. The van der Waals surface area contributed by atoms with E-state index in [-0.39, 0.29) is 35.0 Å². The first-order chi connectivity index (χ1) is 12.7. The second-order valence-corrected chi connectivity index (χ2v) is 6.88. The lowest BCUT2D eigenvalue weighted by molar-refractivity contribution is -0.137. The third-order valence-corrected chi connectivity index (χ3v) is 4.64. The highest BCUT2D eigenvalue weighted by Crippen LogP contribution is 2.34. The highest BCUT2D eigenvalue weighted by atomic mass is 35.5. The first-order valence-corrected chi connectivity index (χ1v) is 8.97. The first kappa shape index (κ1) is 19.7. The molecule has 2 heterocycles. The van der Waals surface area contributed by atoms with Crippen LogP contribution in [0.2, 0.25) is 5.02 Å². The van der Waals surface area contributed by atoms with Crippen LogP contribution in [-0.4, -0.2) is 28.4 Å². The maximum atomic E-state index is 13.0. The monoisotopic (exact) mass is 401 g/mol. The average Bonchev–Trinajstić information content (AvgIpc) is 3.22. The lowest BCUT2D eigenvalue weighted by Crippen LogP contribution is -2.17. The van der Waals surface area contributed by atoms with E-state index in [9.17, 15) is 18.0 Å². The largest absolute Gasteiger partial charge is 0.416 e. The molecular weight excluding hydrogens is 383 g/mol. The number of carbonyl (C=O) groups is 1. The summed E-state index contributed by atoms with van der Waals surface area (Å²) in [5.41, 5.74) is -0.252. The number of ether oxygens (including phenoxy) is 1. The molecule has 1 atom stereocenters. The number of hydrogen-bond acceptors (Lipinski definition) is 3. The Kier molecular flexibility index (Phi) is 5.76. The Morgan fingerprint density at radius 2 is 2.19 bits per heavy atom. The van der Waals surface area contributed by atoms with Crippen molar-refractivity contribution in [1.29, 1.82) is 0 Å². The van der Waals surface area contributed by atoms with Crippen LogP contribution in [0.4, 0.5) is 19.0 Å². The molecule has 5 nitrogen and oxygen atoms in total. The molecule has 0 aliphatic carbocycles. The van der Waals surface area contributed by atoms with Crippen LogP contribution in [0, 0.1) is 6.92 Å². The van der Waals surface area contributed by atoms with Crippen LogP contribution in [-0.2, 0) is 15.7 Å². The minimum Gasteiger partial charge on any atom is -0.378 e. The normalized spacial score (nSPS) is 17.3. The van der Waals surface area contributed by atoms with Gasteiger partial charge >= 0.3 is 6.18 Å². The summed E-state index contributed by atoms with van der Waals surface area (Å²) in [5, 5.41) is 6.98. The van der Waals surface area contributed by atoms with Gasteiger partial charge < -0.3 is 10.1 Å². The third-order valence-electron chi connectivity index (χ3n) is 4.32. The van der Waals surface area contributed by atoms with Gasteiger partial charge in [-0.15, -0.1) is 0 Å². The van der Waals surface area contributed by atoms with Crippen LogP contribution >= 0.6 is 11.6 Å². The van der Waals surface area contributed by atoms with Gasteiger partial charge in [0.2, 0.25) is 5.91 Å². The zero-order chi connectivity index (χ0) is 19.6. The molecule has 1 unspecified atom stereocenters. The minimum atomic E-state index is -4.51. The first-order valence-electron chi connectivity index (χ1n) is 8.59. The molecule has 1 aliphatic rings. The Labute approximate surface area is 159 Å². The number of halogens is 4. The zero-order valence-corrected chi connectivity index (χ0v) is 15.4. The lowest BCUT2D eigenvalue weighted by Gasteiger charge is -2.14. The van der Waals surface area contributed by atoms with Crippen LogP contribution < -0.4 is 5.32 Å². The summed E-state index contributed by atoms with van der Waals surface area (Å²) in [6.45, 7) is 2.40. The van der Waals surface area contributed by atoms with Gasteiger partial charge in [0.15, 0.2) is 0 Å². The van der Waals surface area contributed by atoms with Crippen molar-refractivity contribution < 1.29 is 22.7 Å². The van der Waals surface area contributed by atoms with Gasteiger partial charge in [0.1, 0.15) is 5.82 Å². The number of anilines is 1. The van der Waals surface area contributed by atoms with Gasteiger partial charge in [-0.2, -0.15) is 18.3 Å². The Morgan fingerprint density at radius 1 is 1.41 bits per heavy atom. The Bertz CT molecular complexity index is 830. The molecule has 1 fully saturated rings. The van der Waals surface area contributed by atoms with Crippen LogP contribution in [0.3, 0.4) is 0 Å². The van der Waals surface area contributed by atoms with Crippen molar-refractivity contribution in [2.45, 2.75) is 44.9 Å². The minimum absolute atomic E-state index is 0.0500. The number of nitrogens with one attached hydrogen (secondary N) is 1. The molecule has 1 aromatic heterocycles. The molecule has 1 aromatic carbocycles. The van der Waals surface area contributed by atoms with Gasteiger partial charge in [-0.1, -0.05) is 11.6 Å². The fourth-order valence-electron chi connectivity index (χ4n) is 2.99. The van der Waals surface area contributed by atoms with E-state index in [1.807, 2.05) is 0 Å². The van der Waals surface area contributed by atoms with Crippen LogP contribution in [0.25, 0.3) is 5.69 Å². The molecule has 1 N–H and O–H groups in total. The highest BCUT2D eigenvalue weighted by Gasteiger charge is 2.31. The van der Waals surface area contributed by atoms with Crippen molar-refractivity contribution in [2.75, 3.05) is 11.9 Å². The van der Waals surface area contributed by atoms with E-state index >= 15 is 0 Å². The van der Waals surface area contributed by atoms with Crippen molar-refractivity contribution in [3.05, 3.63) is 40.5 Å². The molecule has 0 radical (unpaired) electrons. The van der Waals surface area contributed by atoms with Gasteiger partial charge in [0.25, 0.3) is 0 Å². The fourth-order valence-corrected chi connectivity index (χ4v) is 3.19. The van der Waals surface area contributed by atoms with E-state index in [4.69, 9.17) is 16.3 Å². The Balaban J connectivity index is 1.80. The maximum Gasteiger partial charge on any atom is 0.416 e. The number of aryl methyl sites for hydroxylation is 1. The Hall–Kier alpha value is -2.06. The van der Waals surface area contributed by atoms with E-state index in [1.165, 1.54) is 10.7 Å². The molecule has 1 aliphatic heterocycles. The molecule has 27 heavy (non-hydrogen) atoms. The number of nitrogens with zero attached hydrogens (tertiary/aromatic N) is 2. The number of rotatable bonds is 5. The van der Waals surface area contributed by atoms with Crippen LogP contribution in [0.5, 0.6) is 0 Å². The lowest BCUT2D eigenvalue weighted by atomic mass is 10.1. The smallest absolute Gasteiger partial charge is 0.378 e. The predicted octanol–water partition coefficient (Wildman–Crippen LogP) is 4.75. The summed E-state index contributed by atoms with van der Waals surface area (Å²) in [4.78, 5) is 12.3. The molecule has 1 saturated heterocycles. The molecule has 3 rings (SSSR count). The number of hydrogen-bond donors (Lipinski definition) is 1. The third kappa shape index (κ3) is 4.81. The molecule has 0 saturated carbocycles. The maximum absolute atomic E-state index is 13.0. The zero-order valence-electron chi connectivity index (χ0n) is 14.6. The van der Waals surface area contributed by atoms with Crippen LogP contribution in [0.15, 0.2) is 24.3 Å². The van der Waals surface area contributed by atoms with Gasteiger partial charge in [-0.05, 0) is 44.4 Å². The second-order valence-electron chi connectivity index (χ2n) is 6.47. The molecular formula is C18H19ClF3N3O2. The van der Waals surface area contributed by atoms with Crippen molar-refractivity contribution in [3.63, 3.8) is 0 Å². The van der Waals surface area contributed by atoms with E-state index < -0.39 is 11.7 Å². The van der Waals surface area contributed by atoms with E-state index in [2.05, 4.69) is 10.4 Å². The molecule has 146 valence electrons. The second kappa shape index (κ2) is 7.90. The van der Waals surface area contributed by atoms with Gasteiger partial charge in [0.05, 0.1) is 28.1 Å². The van der Waals surface area contributed by atoms with E-state index in [0.717, 1.165) is 25.0 Å². The Morgan fingerprint density at radius 3 is 2.85 bits per heavy atom. The SMILES string of the molecule is Cc1cc(NC(=O)CCC2CCCO2)n(-c2cc(C(F)(F)F)ccc2Cl)n1. The van der Waals surface area contributed by atoms with E-state index in [0.29, 0.717) is 18.7 Å². The standard InChI is InChI=1S/C18H19ClF3N3O2/c1-11-9-16(23-17(26)7-5-13-3-2-8-27-13)25(24-11)15-10-12(18(20,21)22)4-6-14(15)19/h4,6,9-10,13H,2-3,5,7-8H2,1H3,(H,23,26). The number of aromatic nitrogens is 2. The van der Waals surface area contributed by atoms with Crippen molar-refractivity contribution in [1.82, 2.24) is 9.78 Å². The highest BCUT2D eigenvalue weighted by molar-refractivity contribution is 6.32. The summed E-state index contributed by atoms with van der Waals surface area (Å²) in [6, 6.07) is 4.57. The summed E-state index contributed by atoms with van der Waals surface area (Å²) < 4.78 is 45.8. The van der Waals surface area contributed by atoms with Gasteiger partial charge in [-0.25, -0.2) is 4.68 Å². The topological polar surface area (TPSA) is 56.1 Å². The fraction of sp³-hybridized carbons (Fsp3) is 0.444. The quantitative estimate of drug-likeness (QED) is 0.786. The molecule has 0 bridgehead atoms. The summed E-state index contributed by atoms with van der Waals surface area (Å²) in [7, 11) is 0. The number of alkyl halides is 3. The van der Waals surface area contributed by atoms with Crippen molar-refractivity contribution in [3.8, 4) is 5.69 Å². The van der Waals surface area contributed by atoms with Gasteiger partial charge in [0, 0.05) is 19.1 Å². The predicted molar refractivity (Wildman–Crippen MR) is 95.2 cm³/mol. The molecule has 0 spiro atoms. The summed E-state index contributed by atoms with van der Waals surface area (Å²) in [6.07, 6.45) is -1.64. The van der Waals surface area contributed by atoms with Crippen molar-refractivity contribution in [2.24, 2.45) is 0 Å². The number of benzene rings is 1. The van der Waals surface area contributed by atoms with Crippen LogP contribution in [0.1, 0.15) is 36.9 Å². The average molecular weight is 402 g/mol. The van der Waals surface area contributed by atoms with E-state index in [1.54, 1.807) is 13.0 Å². The van der Waals surface area contributed by atoms with Gasteiger partial charge in [-0.3, -0.25) is 4.79 Å². The molecule has 1 amide bonds. The summed E-state index contributed by atoms with van der Waals surface area (Å²) in [5.74, 6) is 0.0146.